The molecule has 2 rings (SSSR count). The molecule has 1 aromatic rings. The Bertz CT molecular complexity index is 308. The zero-order valence-corrected chi connectivity index (χ0v) is 9.42. The third-order valence-electron chi connectivity index (χ3n) is 2.59. The second-order valence-electron chi connectivity index (χ2n) is 3.76. The molecule has 0 aromatic carbocycles. The molecule has 2 N–H and O–H groups in total. The highest BCUT2D eigenvalue weighted by atomic mass is 79.9. The van der Waals surface area contributed by atoms with Gasteiger partial charge in [-0.15, -0.1) is 0 Å². The Kier molecular flexibility index (Phi) is 2.85. The largest absolute Gasteiger partial charge is 0.394 e. The molecular weight excluding hydrogens is 244 g/mol. The molecule has 0 spiro atoms. The van der Waals surface area contributed by atoms with E-state index >= 15 is 0 Å². The van der Waals surface area contributed by atoms with E-state index in [2.05, 4.69) is 26.2 Å². The summed E-state index contributed by atoms with van der Waals surface area (Å²) in [7, 11) is 0. The normalized spacial score (nSPS) is 18.1. The van der Waals surface area contributed by atoms with Crippen molar-refractivity contribution in [1.82, 2.24) is 10.3 Å². The van der Waals surface area contributed by atoms with E-state index < -0.39 is 0 Å². The van der Waals surface area contributed by atoms with Crippen molar-refractivity contribution < 1.29 is 5.11 Å². The Balaban J connectivity index is 1.89. The Hall–Kier alpha value is -0.450. The van der Waals surface area contributed by atoms with Crippen molar-refractivity contribution in [2.24, 2.45) is 0 Å². The number of hydrogen-bond acceptors (Lipinski definition) is 3. The van der Waals surface area contributed by atoms with E-state index in [-0.39, 0.29) is 12.1 Å². The molecule has 1 aromatic heterocycles. The standard InChI is InChI=1S/C10H13BrN2O/c11-8-1-2-9(12-5-8)6-13-10(7-14)3-4-10/h1-2,5,13-14H,3-4,6-7H2. The maximum atomic E-state index is 9.09. The molecule has 0 amide bonds. The van der Waals surface area contributed by atoms with Gasteiger partial charge in [0.1, 0.15) is 0 Å². The lowest BCUT2D eigenvalue weighted by Gasteiger charge is -2.13. The van der Waals surface area contributed by atoms with Crippen LogP contribution in [0, 0.1) is 0 Å². The fraction of sp³-hybridized carbons (Fsp3) is 0.500. The average Bonchev–Trinajstić information content (AvgIpc) is 2.98. The van der Waals surface area contributed by atoms with Crippen LogP contribution in [0.4, 0.5) is 0 Å². The minimum atomic E-state index is -0.00520. The van der Waals surface area contributed by atoms with E-state index in [9.17, 15) is 0 Å². The van der Waals surface area contributed by atoms with Crippen LogP contribution in [0.1, 0.15) is 18.5 Å². The quantitative estimate of drug-likeness (QED) is 0.858. The van der Waals surface area contributed by atoms with Gasteiger partial charge in [-0.05, 0) is 40.9 Å². The molecule has 0 bridgehead atoms. The lowest BCUT2D eigenvalue weighted by atomic mass is 10.2. The maximum Gasteiger partial charge on any atom is 0.0613 e. The molecule has 1 aliphatic rings. The zero-order valence-electron chi connectivity index (χ0n) is 7.83. The van der Waals surface area contributed by atoms with Gasteiger partial charge in [-0.3, -0.25) is 4.98 Å². The molecule has 1 heterocycles. The monoisotopic (exact) mass is 256 g/mol. The van der Waals surface area contributed by atoms with Gasteiger partial charge in [-0.25, -0.2) is 0 Å². The third kappa shape index (κ3) is 2.32. The molecule has 0 atom stereocenters. The van der Waals surface area contributed by atoms with Gasteiger partial charge in [0, 0.05) is 22.8 Å². The number of pyridine rings is 1. The van der Waals surface area contributed by atoms with Crippen LogP contribution in [0.2, 0.25) is 0 Å². The Morgan fingerprint density at radius 3 is 2.79 bits per heavy atom. The van der Waals surface area contributed by atoms with Crippen LogP contribution >= 0.6 is 15.9 Å². The van der Waals surface area contributed by atoms with Crippen molar-refractivity contribution in [2.75, 3.05) is 6.61 Å². The average molecular weight is 257 g/mol. The molecule has 4 heteroatoms. The van der Waals surface area contributed by atoms with Crippen molar-refractivity contribution in [3.05, 3.63) is 28.5 Å². The number of halogens is 1. The van der Waals surface area contributed by atoms with E-state index in [1.807, 2.05) is 12.1 Å². The second-order valence-corrected chi connectivity index (χ2v) is 4.68. The fourth-order valence-corrected chi connectivity index (χ4v) is 1.57. The minimum Gasteiger partial charge on any atom is -0.394 e. The van der Waals surface area contributed by atoms with Gasteiger partial charge in [-0.2, -0.15) is 0 Å². The Morgan fingerprint density at radius 2 is 2.29 bits per heavy atom. The summed E-state index contributed by atoms with van der Waals surface area (Å²) >= 11 is 3.34. The number of nitrogens with zero attached hydrogens (tertiary/aromatic N) is 1. The molecule has 1 saturated carbocycles. The summed E-state index contributed by atoms with van der Waals surface area (Å²) in [4.78, 5) is 4.25. The molecule has 1 aliphatic carbocycles. The van der Waals surface area contributed by atoms with Crippen molar-refractivity contribution in [3.63, 3.8) is 0 Å². The molecule has 0 radical (unpaired) electrons. The van der Waals surface area contributed by atoms with Gasteiger partial charge in [0.05, 0.1) is 12.3 Å². The predicted molar refractivity (Wildman–Crippen MR) is 57.8 cm³/mol. The molecule has 0 aliphatic heterocycles. The first-order chi connectivity index (χ1) is 6.74. The second kappa shape index (κ2) is 3.96. The van der Waals surface area contributed by atoms with Crippen molar-refractivity contribution in [2.45, 2.75) is 24.9 Å². The maximum absolute atomic E-state index is 9.09. The topological polar surface area (TPSA) is 45.1 Å². The van der Waals surface area contributed by atoms with Gasteiger partial charge < -0.3 is 10.4 Å². The van der Waals surface area contributed by atoms with Gasteiger partial charge >= 0.3 is 0 Å². The molecule has 3 nitrogen and oxygen atoms in total. The zero-order chi connectivity index (χ0) is 10.0. The Labute approximate surface area is 91.7 Å². The van der Waals surface area contributed by atoms with Crippen LogP contribution in [0.15, 0.2) is 22.8 Å². The smallest absolute Gasteiger partial charge is 0.0613 e. The number of nitrogens with one attached hydrogen (secondary N) is 1. The summed E-state index contributed by atoms with van der Waals surface area (Å²) in [6.45, 7) is 0.956. The van der Waals surface area contributed by atoms with E-state index in [0.717, 1.165) is 29.6 Å². The van der Waals surface area contributed by atoms with Crippen molar-refractivity contribution in [1.29, 1.82) is 0 Å². The van der Waals surface area contributed by atoms with E-state index in [4.69, 9.17) is 5.11 Å². The summed E-state index contributed by atoms with van der Waals surface area (Å²) in [6, 6.07) is 3.95. The van der Waals surface area contributed by atoms with Crippen LogP contribution in [-0.2, 0) is 6.54 Å². The number of hydrogen-bond donors (Lipinski definition) is 2. The number of rotatable bonds is 4. The lowest BCUT2D eigenvalue weighted by molar-refractivity contribution is 0.229. The summed E-state index contributed by atoms with van der Waals surface area (Å²) < 4.78 is 0.990. The predicted octanol–water partition coefficient (Wildman–Crippen LogP) is 1.46. The van der Waals surface area contributed by atoms with E-state index in [1.165, 1.54) is 0 Å². The molecule has 76 valence electrons. The summed E-state index contributed by atoms with van der Waals surface area (Å²) in [5.74, 6) is 0. The first-order valence-corrected chi connectivity index (χ1v) is 5.50. The van der Waals surface area contributed by atoms with Crippen LogP contribution in [0.25, 0.3) is 0 Å². The van der Waals surface area contributed by atoms with Gasteiger partial charge in [-0.1, -0.05) is 0 Å². The van der Waals surface area contributed by atoms with Crippen LogP contribution in [-0.4, -0.2) is 22.2 Å². The molecular formula is C10H13BrN2O. The summed E-state index contributed by atoms with van der Waals surface area (Å²) in [5, 5.41) is 12.4. The van der Waals surface area contributed by atoms with E-state index in [1.54, 1.807) is 6.20 Å². The summed E-state index contributed by atoms with van der Waals surface area (Å²) in [5.41, 5.74) is 1.00. The van der Waals surface area contributed by atoms with Crippen LogP contribution < -0.4 is 5.32 Å². The van der Waals surface area contributed by atoms with Crippen LogP contribution in [0.3, 0.4) is 0 Å². The fourth-order valence-electron chi connectivity index (χ4n) is 1.33. The van der Waals surface area contributed by atoms with Crippen molar-refractivity contribution in [3.8, 4) is 0 Å². The molecule has 14 heavy (non-hydrogen) atoms. The number of aromatic nitrogens is 1. The first-order valence-electron chi connectivity index (χ1n) is 4.70. The molecule has 1 fully saturated rings. The van der Waals surface area contributed by atoms with Gasteiger partial charge in [0.2, 0.25) is 0 Å². The van der Waals surface area contributed by atoms with Crippen LogP contribution in [0.5, 0.6) is 0 Å². The minimum absolute atomic E-state index is 0.00520. The highest BCUT2D eigenvalue weighted by Gasteiger charge is 2.41. The lowest BCUT2D eigenvalue weighted by Crippen LogP contribution is -2.34. The number of aliphatic hydroxyl groups excluding tert-OH is 1. The molecule has 0 unspecified atom stereocenters. The first kappa shape index (κ1) is 10.1. The van der Waals surface area contributed by atoms with E-state index in [0.29, 0.717) is 0 Å². The Morgan fingerprint density at radius 1 is 1.50 bits per heavy atom. The third-order valence-corrected chi connectivity index (χ3v) is 3.06. The van der Waals surface area contributed by atoms with Gasteiger partial charge in [0.25, 0.3) is 0 Å². The number of aliphatic hydroxyl groups is 1. The highest BCUT2D eigenvalue weighted by Crippen LogP contribution is 2.34. The van der Waals surface area contributed by atoms with Crippen molar-refractivity contribution >= 4 is 15.9 Å². The highest BCUT2D eigenvalue weighted by molar-refractivity contribution is 9.10. The SMILES string of the molecule is OCC1(NCc2ccc(Br)cn2)CC1. The van der Waals surface area contributed by atoms with Gasteiger partial charge in [0.15, 0.2) is 0 Å². The molecule has 0 saturated heterocycles. The summed E-state index contributed by atoms with van der Waals surface area (Å²) in [6.07, 6.45) is 3.93.